The smallest absolute Gasteiger partial charge is 0.322 e. The predicted molar refractivity (Wildman–Crippen MR) is 74.7 cm³/mol. The van der Waals surface area contributed by atoms with Crippen molar-refractivity contribution in [2.24, 2.45) is 23.2 Å². The van der Waals surface area contributed by atoms with Crippen LogP contribution in [-0.2, 0) is 9.59 Å². The number of carboxylic acid groups (broad SMARTS) is 1. The van der Waals surface area contributed by atoms with Crippen molar-refractivity contribution < 1.29 is 14.7 Å². The molecular formula is C15H27NO3. The first-order chi connectivity index (χ1) is 8.83. The lowest BCUT2D eigenvalue weighted by Gasteiger charge is -2.46. The topological polar surface area (TPSA) is 66.4 Å². The van der Waals surface area contributed by atoms with E-state index in [0.29, 0.717) is 17.8 Å². The molecule has 1 fully saturated rings. The Labute approximate surface area is 116 Å². The van der Waals surface area contributed by atoms with Crippen LogP contribution < -0.4 is 5.32 Å². The zero-order valence-corrected chi connectivity index (χ0v) is 12.5. The van der Waals surface area contributed by atoms with Crippen LogP contribution in [0.2, 0.25) is 0 Å². The first kappa shape index (κ1) is 16.0. The van der Waals surface area contributed by atoms with E-state index in [9.17, 15) is 9.59 Å². The van der Waals surface area contributed by atoms with Crippen LogP contribution in [0.5, 0.6) is 0 Å². The Morgan fingerprint density at radius 1 is 1.37 bits per heavy atom. The Morgan fingerprint density at radius 2 is 2.00 bits per heavy atom. The van der Waals surface area contributed by atoms with Crippen molar-refractivity contribution in [2.45, 2.75) is 53.4 Å². The van der Waals surface area contributed by atoms with Gasteiger partial charge in [0.05, 0.1) is 5.41 Å². The molecule has 0 aromatic carbocycles. The summed E-state index contributed by atoms with van der Waals surface area (Å²) in [5.74, 6) is 0.281. The van der Waals surface area contributed by atoms with Crippen molar-refractivity contribution in [1.29, 1.82) is 0 Å². The number of hydrogen-bond donors (Lipinski definition) is 2. The summed E-state index contributed by atoms with van der Waals surface area (Å²) in [7, 11) is 0. The van der Waals surface area contributed by atoms with Crippen LogP contribution in [0, 0.1) is 23.2 Å². The van der Waals surface area contributed by atoms with E-state index in [1.165, 1.54) is 0 Å². The molecule has 110 valence electrons. The van der Waals surface area contributed by atoms with Gasteiger partial charge in [-0.1, -0.05) is 34.1 Å². The van der Waals surface area contributed by atoms with Gasteiger partial charge in [0, 0.05) is 0 Å². The Balaban J connectivity index is 2.94. The Bertz CT molecular complexity index is 340. The molecule has 4 heteroatoms. The van der Waals surface area contributed by atoms with E-state index in [1.807, 2.05) is 6.92 Å². The fraction of sp³-hybridized carbons (Fsp3) is 0.867. The third-order valence-electron chi connectivity index (χ3n) is 4.68. The molecule has 2 N–H and O–H groups in total. The third kappa shape index (κ3) is 3.48. The number of carboxylic acids is 1. The van der Waals surface area contributed by atoms with Gasteiger partial charge in [0.25, 0.3) is 0 Å². The van der Waals surface area contributed by atoms with Crippen molar-refractivity contribution in [1.82, 2.24) is 5.32 Å². The molecule has 0 aliphatic heterocycles. The normalized spacial score (nSPS) is 31.2. The van der Waals surface area contributed by atoms with E-state index in [2.05, 4.69) is 26.1 Å². The van der Waals surface area contributed by atoms with E-state index in [-0.39, 0.29) is 17.9 Å². The highest BCUT2D eigenvalue weighted by Gasteiger charge is 2.48. The maximum absolute atomic E-state index is 12.5. The molecule has 0 bridgehead atoms. The highest BCUT2D eigenvalue weighted by atomic mass is 16.4. The second-order valence-electron chi connectivity index (χ2n) is 6.32. The minimum atomic E-state index is -0.982. The SMILES string of the molecule is CCC1(C(=O)NCC(=O)O)CC(C)CCC1C(C)C. The molecular weight excluding hydrogens is 242 g/mol. The lowest BCUT2D eigenvalue weighted by molar-refractivity contribution is -0.144. The second kappa shape index (κ2) is 6.40. The van der Waals surface area contributed by atoms with Crippen molar-refractivity contribution in [3.63, 3.8) is 0 Å². The Kier molecular flexibility index (Phi) is 5.39. The summed E-state index contributed by atoms with van der Waals surface area (Å²) in [6, 6.07) is 0. The van der Waals surface area contributed by atoms with Crippen molar-refractivity contribution >= 4 is 11.9 Å². The second-order valence-corrected chi connectivity index (χ2v) is 6.32. The number of aliphatic carboxylic acids is 1. The van der Waals surface area contributed by atoms with Crippen LogP contribution in [0.3, 0.4) is 0 Å². The van der Waals surface area contributed by atoms with Crippen LogP contribution >= 0.6 is 0 Å². The van der Waals surface area contributed by atoms with Gasteiger partial charge in [-0.2, -0.15) is 0 Å². The van der Waals surface area contributed by atoms with Crippen molar-refractivity contribution in [3.8, 4) is 0 Å². The molecule has 0 heterocycles. The van der Waals surface area contributed by atoms with E-state index in [1.54, 1.807) is 0 Å². The highest BCUT2D eigenvalue weighted by Crippen LogP contribution is 2.49. The molecule has 19 heavy (non-hydrogen) atoms. The molecule has 3 unspecified atom stereocenters. The summed E-state index contributed by atoms with van der Waals surface area (Å²) in [5, 5.41) is 11.3. The van der Waals surface area contributed by atoms with Gasteiger partial charge in [-0.15, -0.1) is 0 Å². The molecule has 1 rings (SSSR count). The van der Waals surface area contributed by atoms with Crippen LogP contribution in [0.4, 0.5) is 0 Å². The lowest BCUT2D eigenvalue weighted by atomic mass is 9.58. The van der Waals surface area contributed by atoms with Gasteiger partial charge in [0.2, 0.25) is 5.91 Å². The highest BCUT2D eigenvalue weighted by molar-refractivity contribution is 5.86. The van der Waals surface area contributed by atoms with Crippen LogP contribution in [0.15, 0.2) is 0 Å². The molecule has 0 radical (unpaired) electrons. The number of rotatable bonds is 5. The first-order valence-corrected chi connectivity index (χ1v) is 7.33. The number of carbonyl (C=O) groups is 2. The molecule has 0 spiro atoms. The summed E-state index contributed by atoms with van der Waals surface area (Å²) in [6.07, 6.45) is 3.88. The molecule has 1 saturated carbocycles. The molecule has 4 nitrogen and oxygen atoms in total. The summed E-state index contributed by atoms with van der Waals surface area (Å²) < 4.78 is 0. The summed E-state index contributed by atoms with van der Waals surface area (Å²) in [4.78, 5) is 23.2. The van der Waals surface area contributed by atoms with E-state index in [4.69, 9.17) is 5.11 Å². The summed E-state index contributed by atoms with van der Waals surface area (Å²) in [5.41, 5.74) is -0.388. The lowest BCUT2D eigenvalue weighted by Crippen LogP contribution is -2.51. The molecule has 1 amide bonds. The van der Waals surface area contributed by atoms with E-state index >= 15 is 0 Å². The van der Waals surface area contributed by atoms with Gasteiger partial charge in [-0.3, -0.25) is 9.59 Å². The molecule has 1 aliphatic rings. The van der Waals surface area contributed by atoms with Crippen LogP contribution in [-0.4, -0.2) is 23.5 Å². The number of nitrogens with one attached hydrogen (secondary N) is 1. The predicted octanol–water partition coefficient (Wildman–Crippen LogP) is 2.68. The zero-order valence-electron chi connectivity index (χ0n) is 12.5. The van der Waals surface area contributed by atoms with Gasteiger partial charge in [-0.05, 0) is 37.0 Å². The van der Waals surface area contributed by atoms with E-state index < -0.39 is 5.97 Å². The standard InChI is InChI=1S/C15H27NO3/c1-5-15(14(19)16-9-13(17)18)8-11(4)6-7-12(15)10(2)3/h10-12H,5-9H2,1-4H3,(H,16,19)(H,17,18). The molecule has 0 aromatic rings. The average Bonchev–Trinajstić information content (AvgIpc) is 2.34. The molecule has 0 aromatic heterocycles. The fourth-order valence-corrected chi connectivity index (χ4v) is 3.75. The number of amides is 1. The minimum absolute atomic E-state index is 0.0670. The third-order valence-corrected chi connectivity index (χ3v) is 4.68. The molecule has 1 aliphatic carbocycles. The van der Waals surface area contributed by atoms with Crippen LogP contribution in [0.25, 0.3) is 0 Å². The minimum Gasteiger partial charge on any atom is -0.480 e. The zero-order chi connectivity index (χ0) is 14.6. The quantitative estimate of drug-likeness (QED) is 0.806. The van der Waals surface area contributed by atoms with E-state index in [0.717, 1.165) is 25.7 Å². The Morgan fingerprint density at radius 3 is 2.47 bits per heavy atom. The number of carbonyl (C=O) groups excluding carboxylic acids is 1. The van der Waals surface area contributed by atoms with Gasteiger partial charge in [0.15, 0.2) is 0 Å². The summed E-state index contributed by atoms with van der Waals surface area (Å²) >= 11 is 0. The fourth-order valence-electron chi connectivity index (χ4n) is 3.75. The summed E-state index contributed by atoms with van der Waals surface area (Å²) in [6.45, 7) is 8.28. The van der Waals surface area contributed by atoms with Gasteiger partial charge < -0.3 is 10.4 Å². The monoisotopic (exact) mass is 269 g/mol. The Hall–Kier alpha value is -1.06. The maximum atomic E-state index is 12.5. The van der Waals surface area contributed by atoms with Crippen molar-refractivity contribution in [3.05, 3.63) is 0 Å². The maximum Gasteiger partial charge on any atom is 0.322 e. The first-order valence-electron chi connectivity index (χ1n) is 7.33. The van der Waals surface area contributed by atoms with Crippen molar-refractivity contribution in [2.75, 3.05) is 6.54 Å². The largest absolute Gasteiger partial charge is 0.480 e. The molecule has 3 atom stereocenters. The van der Waals surface area contributed by atoms with Gasteiger partial charge in [0.1, 0.15) is 6.54 Å². The number of hydrogen-bond acceptors (Lipinski definition) is 2. The van der Waals surface area contributed by atoms with Crippen LogP contribution in [0.1, 0.15) is 53.4 Å². The van der Waals surface area contributed by atoms with Gasteiger partial charge >= 0.3 is 5.97 Å². The van der Waals surface area contributed by atoms with Gasteiger partial charge in [-0.25, -0.2) is 0 Å². The molecule has 0 saturated heterocycles. The average molecular weight is 269 g/mol.